The van der Waals surface area contributed by atoms with Gasteiger partial charge in [-0.15, -0.1) is 0 Å². The van der Waals surface area contributed by atoms with Crippen molar-refractivity contribution < 1.29 is 24.5 Å². The number of carbonyl (C=O) groups is 2. The highest BCUT2D eigenvalue weighted by Gasteiger charge is 2.53. The normalized spacial score (nSPS) is 23.4. The van der Waals surface area contributed by atoms with Gasteiger partial charge in [0.2, 0.25) is 0 Å². The Balaban J connectivity index is 1.03. The Labute approximate surface area is 357 Å². The summed E-state index contributed by atoms with van der Waals surface area (Å²) in [6.07, 6.45) is 11.4. The van der Waals surface area contributed by atoms with E-state index in [1.165, 1.54) is 43.2 Å². The molecule has 2 fully saturated rings. The smallest absolute Gasteiger partial charge is 0.355 e. The number of allylic oxidation sites excluding steroid dienone is 2. The average Bonchev–Trinajstić information content (AvgIpc) is 3.63. The number of hydrogen-bond donors (Lipinski definition) is 6. The van der Waals surface area contributed by atoms with Crippen LogP contribution in [0.2, 0.25) is 0 Å². The second kappa shape index (κ2) is 18.5. The van der Waals surface area contributed by atoms with E-state index in [9.17, 15) is 19.8 Å². The zero-order valence-corrected chi connectivity index (χ0v) is 36.4. The number of fused-ring (bicyclic) bond motifs is 4. The number of thiazole rings is 1. The van der Waals surface area contributed by atoms with E-state index in [4.69, 9.17) is 10.1 Å². The van der Waals surface area contributed by atoms with Crippen molar-refractivity contribution in [2.24, 2.45) is 10.8 Å². The number of para-hydroxylation sites is 1. The molecule has 3 unspecified atom stereocenters. The van der Waals surface area contributed by atoms with Crippen LogP contribution in [0, 0.1) is 16.2 Å². The SMILES string of the molecule is C/C(NCCCC1(OCCNC(C)CCO)CC2(C)CCCC(C)(C2)C1)=C(/C=N)c1ccc(N2CCc3cccc(C(=O)Nc4nc5ccccc5s4)c3C2)nc1C(=O)O. The molecule has 2 aliphatic carbocycles. The fourth-order valence-corrected chi connectivity index (χ4v) is 11.4. The minimum absolute atomic E-state index is 0.121. The number of carboxylic acids is 1. The summed E-state index contributed by atoms with van der Waals surface area (Å²) < 4.78 is 7.88. The lowest BCUT2D eigenvalue weighted by Gasteiger charge is -2.57. The number of aliphatic hydroxyl groups is 1. The summed E-state index contributed by atoms with van der Waals surface area (Å²) in [7, 11) is 0. The number of aromatic nitrogens is 2. The molecule has 1 aliphatic heterocycles. The molecule has 0 spiro atoms. The molecule has 2 aromatic carbocycles. The van der Waals surface area contributed by atoms with Crippen LogP contribution in [0.3, 0.4) is 0 Å². The molecule has 320 valence electrons. The van der Waals surface area contributed by atoms with E-state index in [2.05, 4.69) is 46.7 Å². The fourth-order valence-electron chi connectivity index (χ4n) is 10.5. The van der Waals surface area contributed by atoms with Crippen LogP contribution in [0.25, 0.3) is 15.8 Å². The van der Waals surface area contributed by atoms with E-state index in [0.717, 1.165) is 60.0 Å². The number of nitrogens with zero attached hydrogens (tertiary/aromatic N) is 3. The maximum atomic E-state index is 13.6. The number of aromatic carboxylic acids is 1. The number of pyridine rings is 1. The largest absolute Gasteiger partial charge is 0.476 e. The number of benzene rings is 2. The maximum absolute atomic E-state index is 13.6. The van der Waals surface area contributed by atoms with E-state index in [-0.39, 0.29) is 40.7 Å². The Kier molecular flexibility index (Phi) is 13.4. The first-order chi connectivity index (χ1) is 28.8. The highest BCUT2D eigenvalue weighted by molar-refractivity contribution is 7.22. The molecular weight excluding hydrogens is 775 g/mol. The first-order valence-corrected chi connectivity index (χ1v) is 22.3. The van der Waals surface area contributed by atoms with Crippen LogP contribution in [-0.4, -0.2) is 82.8 Å². The van der Waals surface area contributed by atoms with Crippen molar-refractivity contribution in [2.75, 3.05) is 43.1 Å². The number of nitrogens with one attached hydrogen (secondary N) is 4. The molecule has 0 radical (unpaired) electrons. The van der Waals surface area contributed by atoms with Gasteiger partial charge >= 0.3 is 5.97 Å². The molecule has 2 saturated carbocycles. The third-order valence-corrected chi connectivity index (χ3v) is 13.9. The van der Waals surface area contributed by atoms with Crippen LogP contribution >= 0.6 is 11.3 Å². The van der Waals surface area contributed by atoms with Gasteiger partial charge in [0, 0.05) is 67.4 Å². The van der Waals surface area contributed by atoms with Crippen molar-refractivity contribution in [3.05, 3.63) is 88.2 Å². The third-order valence-electron chi connectivity index (χ3n) is 13.0. The topological polar surface area (TPSA) is 173 Å². The van der Waals surface area contributed by atoms with E-state index >= 15 is 0 Å². The van der Waals surface area contributed by atoms with Gasteiger partial charge in [-0.1, -0.05) is 55.9 Å². The van der Waals surface area contributed by atoms with Crippen LogP contribution in [-0.2, 0) is 17.7 Å². The Morgan fingerprint density at radius 3 is 2.53 bits per heavy atom. The van der Waals surface area contributed by atoms with E-state index < -0.39 is 5.97 Å². The Morgan fingerprint density at radius 1 is 1.02 bits per heavy atom. The number of anilines is 2. The molecule has 3 heterocycles. The lowest BCUT2D eigenvalue weighted by atomic mass is 9.51. The van der Waals surface area contributed by atoms with Gasteiger partial charge < -0.3 is 35.9 Å². The first-order valence-electron chi connectivity index (χ1n) is 21.5. The molecule has 12 nitrogen and oxygen atoms in total. The van der Waals surface area contributed by atoms with Gasteiger partial charge in [0.25, 0.3) is 5.91 Å². The third kappa shape index (κ3) is 9.91. The minimum Gasteiger partial charge on any atom is -0.476 e. The Morgan fingerprint density at radius 2 is 1.80 bits per heavy atom. The van der Waals surface area contributed by atoms with Crippen LogP contribution in [0.15, 0.2) is 60.3 Å². The highest BCUT2D eigenvalue weighted by Crippen LogP contribution is 2.60. The summed E-state index contributed by atoms with van der Waals surface area (Å²) in [6, 6.07) is 17.3. The van der Waals surface area contributed by atoms with Crippen LogP contribution in [0.5, 0.6) is 0 Å². The fraction of sp³-hybridized carbons (Fsp3) is 0.511. The van der Waals surface area contributed by atoms with Crippen molar-refractivity contribution in [3.8, 4) is 0 Å². The molecule has 2 bridgehead atoms. The van der Waals surface area contributed by atoms with Crippen molar-refractivity contribution in [1.29, 1.82) is 5.41 Å². The standard InChI is InChI=1S/C47H61N7O5S/c1-31(17-24-55)49-22-25-59-47(29-45(3)18-8-19-46(4,28-45)30-47)20-9-21-50-32(2)36(26-48)34-14-15-40(52-41(34)43(57)58)54-23-16-33-10-7-11-35(37(33)27-54)42(56)53-44-51-38-12-5-6-13-39(38)60-44/h5-7,10-15,26,31,48-50,55H,8-9,16-25,27-30H2,1-4H3,(H,57,58)(H,51,53,56)/b36-32+,48-26?. The highest BCUT2D eigenvalue weighted by atomic mass is 32.1. The summed E-state index contributed by atoms with van der Waals surface area (Å²) >= 11 is 1.43. The van der Waals surface area contributed by atoms with Gasteiger partial charge in [-0.2, -0.15) is 0 Å². The number of carboxylic acid groups (broad SMARTS) is 1. The van der Waals surface area contributed by atoms with Crippen molar-refractivity contribution in [3.63, 3.8) is 0 Å². The lowest BCUT2D eigenvalue weighted by Crippen LogP contribution is -2.52. The van der Waals surface area contributed by atoms with Crippen LogP contribution in [0.1, 0.15) is 123 Å². The summed E-state index contributed by atoms with van der Waals surface area (Å²) in [5.74, 6) is -0.909. The molecule has 6 N–H and O–H groups in total. The van der Waals surface area contributed by atoms with Gasteiger partial charge in [-0.3, -0.25) is 10.1 Å². The summed E-state index contributed by atoms with van der Waals surface area (Å²) in [6.45, 7) is 12.1. The number of hydrogen-bond acceptors (Lipinski definition) is 11. The number of rotatable bonds is 18. The second-order valence-electron chi connectivity index (χ2n) is 18.0. The summed E-state index contributed by atoms with van der Waals surface area (Å²) in [5.41, 5.74) is 5.08. The number of aliphatic hydroxyl groups excluding tert-OH is 1. The molecular formula is C47H61N7O5S. The second-order valence-corrected chi connectivity index (χ2v) is 19.1. The minimum atomic E-state index is -1.17. The molecule has 0 saturated heterocycles. The molecule has 60 heavy (non-hydrogen) atoms. The van der Waals surface area contributed by atoms with Crippen LogP contribution < -0.4 is 20.9 Å². The Hall–Kier alpha value is -4.69. The van der Waals surface area contributed by atoms with Gasteiger partial charge in [-0.25, -0.2) is 14.8 Å². The quantitative estimate of drug-likeness (QED) is 0.0422. The summed E-state index contributed by atoms with van der Waals surface area (Å²) in [5, 5.41) is 38.7. The number of ether oxygens (including phenoxy) is 1. The van der Waals surface area contributed by atoms with Gasteiger partial charge in [0.15, 0.2) is 10.8 Å². The molecule has 3 aliphatic rings. The van der Waals surface area contributed by atoms with Crippen molar-refractivity contribution in [1.82, 2.24) is 20.6 Å². The van der Waals surface area contributed by atoms with E-state index in [0.29, 0.717) is 66.0 Å². The zero-order chi connectivity index (χ0) is 42.5. The molecule has 4 aromatic rings. The first kappa shape index (κ1) is 43.4. The van der Waals surface area contributed by atoms with E-state index in [1.54, 1.807) is 6.07 Å². The Bertz CT molecular complexity index is 2190. The number of carbonyl (C=O) groups excluding carboxylic acids is 1. The molecule has 2 aromatic heterocycles. The van der Waals surface area contributed by atoms with Crippen LogP contribution in [0.4, 0.5) is 10.9 Å². The van der Waals surface area contributed by atoms with Crippen molar-refractivity contribution in [2.45, 2.75) is 110 Å². The number of amides is 1. The van der Waals surface area contributed by atoms with Gasteiger partial charge in [0.05, 0.1) is 22.4 Å². The zero-order valence-electron chi connectivity index (χ0n) is 35.5. The predicted octanol–water partition coefficient (Wildman–Crippen LogP) is 8.45. The molecule has 3 atom stereocenters. The van der Waals surface area contributed by atoms with Crippen molar-refractivity contribution >= 4 is 56.2 Å². The van der Waals surface area contributed by atoms with Gasteiger partial charge in [0.1, 0.15) is 5.82 Å². The molecule has 7 rings (SSSR count). The monoisotopic (exact) mass is 835 g/mol. The molecule has 1 amide bonds. The maximum Gasteiger partial charge on any atom is 0.355 e. The van der Waals surface area contributed by atoms with E-state index in [1.807, 2.05) is 60.4 Å². The molecule has 13 heteroatoms. The summed E-state index contributed by atoms with van der Waals surface area (Å²) in [4.78, 5) is 37.6. The lowest BCUT2D eigenvalue weighted by molar-refractivity contribution is -0.157. The van der Waals surface area contributed by atoms with Gasteiger partial charge in [-0.05, 0) is 124 Å². The average molecular weight is 836 g/mol. The predicted molar refractivity (Wildman–Crippen MR) is 240 cm³/mol.